The van der Waals surface area contributed by atoms with Crippen molar-refractivity contribution in [3.63, 3.8) is 0 Å². The zero-order chi connectivity index (χ0) is 53.4. The van der Waals surface area contributed by atoms with Gasteiger partial charge in [0.2, 0.25) is 0 Å². The Morgan fingerprint density at radius 3 is 0.986 bits per heavy atom. The van der Waals surface area contributed by atoms with Gasteiger partial charge in [-0.25, -0.2) is 0 Å². The van der Waals surface area contributed by atoms with Crippen molar-refractivity contribution in [3.8, 4) is 0 Å². The molecule has 0 aliphatic carbocycles. The van der Waals surface area contributed by atoms with Crippen LogP contribution >= 0.6 is 0 Å². The van der Waals surface area contributed by atoms with Crippen LogP contribution in [0.4, 0.5) is 0 Å². The molecule has 0 amide bonds. The van der Waals surface area contributed by atoms with Gasteiger partial charge in [0.05, 0.1) is 6.61 Å². The van der Waals surface area contributed by atoms with E-state index in [0.717, 1.165) is 83.5 Å². The summed E-state index contributed by atoms with van der Waals surface area (Å²) in [5.74, 6) is -0.426. The van der Waals surface area contributed by atoms with Crippen LogP contribution in [-0.2, 0) is 23.8 Å². The van der Waals surface area contributed by atoms with Crippen LogP contribution < -0.4 is 0 Å². The van der Waals surface area contributed by atoms with E-state index in [-0.39, 0.29) is 25.2 Å². The van der Waals surface area contributed by atoms with Crippen molar-refractivity contribution in [2.45, 2.75) is 309 Å². The number of rotatable bonds is 58. The number of allylic oxidation sites excluding steroid dienone is 16. The number of hydrogen-bond donors (Lipinski definition) is 0. The number of unbranched alkanes of at least 4 members (excludes halogenated alkanes) is 31. The van der Waals surface area contributed by atoms with Gasteiger partial charge in [-0.2, -0.15) is 0 Å². The van der Waals surface area contributed by atoms with Crippen LogP contribution in [0.25, 0.3) is 0 Å². The summed E-state index contributed by atoms with van der Waals surface area (Å²) in [6.07, 6.45) is 87.4. The molecular formula is C69H120O5. The fraction of sp³-hybridized carbons (Fsp3) is 0.739. The molecule has 1 unspecified atom stereocenters. The fourth-order valence-electron chi connectivity index (χ4n) is 8.87. The van der Waals surface area contributed by atoms with Crippen molar-refractivity contribution in [2.75, 3.05) is 19.8 Å². The summed E-state index contributed by atoms with van der Waals surface area (Å²) in [5, 5.41) is 0. The maximum absolute atomic E-state index is 12.9. The van der Waals surface area contributed by atoms with Crippen molar-refractivity contribution < 1.29 is 23.8 Å². The average molecular weight is 1030 g/mol. The molecule has 0 fully saturated rings. The molecule has 0 rings (SSSR count). The van der Waals surface area contributed by atoms with Gasteiger partial charge >= 0.3 is 11.9 Å². The number of carbonyl (C=O) groups is 2. The molecule has 5 nitrogen and oxygen atoms in total. The molecule has 1 atom stereocenters. The molecule has 5 heteroatoms. The molecule has 0 spiro atoms. The number of ether oxygens (including phenoxy) is 3. The lowest BCUT2D eigenvalue weighted by atomic mass is 10.1. The molecular weight excluding hydrogens is 909 g/mol. The molecule has 0 aromatic heterocycles. The highest BCUT2D eigenvalue weighted by Gasteiger charge is 2.17. The third-order valence-corrected chi connectivity index (χ3v) is 13.6. The quantitative estimate of drug-likeness (QED) is 0.0345. The number of esters is 2. The first-order valence-electron chi connectivity index (χ1n) is 31.8. The zero-order valence-corrected chi connectivity index (χ0v) is 49.1. The minimum absolute atomic E-state index is 0.0577. The molecule has 0 heterocycles. The average Bonchev–Trinajstić information content (AvgIpc) is 3.40. The second kappa shape index (κ2) is 64.1. The molecule has 0 bridgehead atoms. The Bertz CT molecular complexity index is 1400. The standard InChI is InChI=1S/C69H120O5/c1-4-7-10-13-16-19-22-25-28-31-34-37-40-43-46-49-52-55-58-61-64-72-65-67(74-69(71)63-60-57-54-51-48-45-42-39-36-33-30-27-24-21-18-15-12-9-6-3)66-73-68(70)62-59-56-53-50-47-44-41-38-35-32-29-26-23-20-17-14-11-8-5-2/h7,10,16,19,25-30,34,37,43,46,52,55,67H,4-6,8-9,11-15,17-18,20-24,31-33,35-36,38-42,44-45,47-51,53-54,56-66H2,1-3H3/b10-7-,19-16-,28-25-,29-26-,30-27-,37-34-,46-43-,55-52-. The lowest BCUT2D eigenvalue weighted by molar-refractivity contribution is -0.163. The van der Waals surface area contributed by atoms with Gasteiger partial charge in [-0.15, -0.1) is 0 Å². The van der Waals surface area contributed by atoms with Crippen molar-refractivity contribution >= 4 is 11.9 Å². The topological polar surface area (TPSA) is 61.8 Å². The van der Waals surface area contributed by atoms with Gasteiger partial charge in [0.15, 0.2) is 6.10 Å². The summed E-state index contributed by atoms with van der Waals surface area (Å²) in [7, 11) is 0. The first kappa shape index (κ1) is 70.8. The highest BCUT2D eigenvalue weighted by molar-refractivity contribution is 5.70. The third kappa shape index (κ3) is 61.4. The predicted molar refractivity (Wildman–Crippen MR) is 325 cm³/mol. The Kier molecular flexibility index (Phi) is 61.4. The molecule has 0 aromatic carbocycles. The van der Waals surface area contributed by atoms with Crippen LogP contribution in [-0.4, -0.2) is 37.9 Å². The second-order valence-electron chi connectivity index (χ2n) is 20.9. The molecule has 0 aliphatic heterocycles. The van der Waals surface area contributed by atoms with E-state index in [1.807, 2.05) is 0 Å². The predicted octanol–water partition coefficient (Wildman–Crippen LogP) is 22.1. The van der Waals surface area contributed by atoms with Crippen molar-refractivity contribution in [2.24, 2.45) is 0 Å². The zero-order valence-electron chi connectivity index (χ0n) is 49.1. The maximum atomic E-state index is 12.9. The maximum Gasteiger partial charge on any atom is 0.306 e. The molecule has 0 aliphatic rings. The smallest absolute Gasteiger partial charge is 0.306 e. The molecule has 0 saturated heterocycles. The molecule has 74 heavy (non-hydrogen) atoms. The van der Waals surface area contributed by atoms with Crippen molar-refractivity contribution in [3.05, 3.63) is 97.2 Å². The lowest BCUT2D eigenvalue weighted by Gasteiger charge is -2.18. The van der Waals surface area contributed by atoms with E-state index in [1.54, 1.807) is 0 Å². The van der Waals surface area contributed by atoms with Crippen LogP contribution in [0.2, 0.25) is 0 Å². The minimum Gasteiger partial charge on any atom is -0.462 e. The van der Waals surface area contributed by atoms with Gasteiger partial charge < -0.3 is 14.2 Å². The highest BCUT2D eigenvalue weighted by atomic mass is 16.6. The summed E-state index contributed by atoms with van der Waals surface area (Å²) in [4.78, 5) is 25.6. The molecule has 0 saturated carbocycles. The molecule has 0 radical (unpaired) electrons. The first-order chi connectivity index (χ1) is 36.6. The summed E-state index contributed by atoms with van der Waals surface area (Å²) in [6.45, 7) is 7.59. The van der Waals surface area contributed by atoms with Crippen LogP contribution in [0.5, 0.6) is 0 Å². The molecule has 0 aromatic rings. The van der Waals surface area contributed by atoms with Crippen LogP contribution in [0.15, 0.2) is 97.2 Å². The Morgan fingerprint density at radius 1 is 0.311 bits per heavy atom. The van der Waals surface area contributed by atoms with E-state index >= 15 is 0 Å². The second-order valence-corrected chi connectivity index (χ2v) is 20.9. The summed E-state index contributed by atoms with van der Waals surface area (Å²) in [6, 6.07) is 0. The van der Waals surface area contributed by atoms with Crippen LogP contribution in [0.3, 0.4) is 0 Å². The largest absolute Gasteiger partial charge is 0.462 e. The summed E-state index contributed by atoms with van der Waals surface area (Å²) < 4.78 is 17.5. The number of carbonyl (C=O) groups excluding carboxylic acids is 2. The van der Waals surface area contributed by atoms with E-state index < -0.39 is 6.10 Å². The van der Waals surface area contributed by atoms with Crippen LogP contribution in [0, 0.1) is 0 Å². The van der Waals surface area contributed by atoms with Gasteiger partial charge in [-0.1, -0.05) is 272 Å². The summed E-state index contributed by atoms with van der Waals surface area (Å²) in [5.41, 5.74) is 0. The Balaban J connectivity index is 4.38. The van der Waals surface area contributed by atoms with E-state index in [1.165, 1.54) is 186 Å². The van der Waals surface area contributed by atoms with Gasteiger partial charge in [-0.3, -0.25) is 9.59 Å². The van der Waals surface area contributed by atoms with E-state index in [0.29, 0.717) is 19.4 Å². The third-order valence-electron chi connectivity index (χ3n) is 13.6. The number of hydrogen-bond acceptors (Lipinski definition) is 5. The Hall–Kier alpha value is -3.18. The highest BCUT2D eigenvalue weighted by Crippen LogP contribution is 2.16. The van der Waals surface area contributed by atoms with Gasteiger partial charge in [-0.05, 0) is 116 Å². The first-order valence-corrected chi connectivity index (χ1v) is 31.8. The van der Waals surface area contributed by atoms with Crippen LogP contribution in [0.1, 0.15) is 303 Å². The Labute approximate surface area is 460 Å². The van der Waals surface area contributed by atoms with Crippen molar-refractivity contribution in [1.82, 2.24) is 0 Å². The fourth-order valence-corrected chi connectivity index (χ4v) is 8.87. The molecule has 0 N–H and O–H groups in total. The SMILES string of the molecule is CC/C=C\C/C=C\C/C=C\C/C=C\C/C=C\C/C=C\CCCOCC(COC(=O)CCCCCCCCCCC/C=C\CCCCCCCC)OC(=O)CCCCCCCCCCC/C=C\CCCCCCCC. The monoisotopic (exact) mass is 1030 g/mol. The Morgan fingerprint density at radius 2 is 0.608 bits per heavy atom. The van der Waals surface area contributed by atoms with E-state index in [2.05, 4.69) is 118 Å². The van der Waals surface area contributed by atoms with Gasteiger partial charge in [0.25, 0.3) is 0 Å². The minimum atomic E-state index is -0.575. The lowest BCUT2D eigenvalue weighted by Crippen LogP contribution is -2.30. The van der Waals surface area contributed by atoms with Gasteiger partial charge in [0, 0.05) is 19.4 Å². The van der Waals surface area contributed by atoms with E-state index in [4.69, 9.17) is 14.2 Å². The van der Waals surface area contributed by atoms with E-state index in [9.17, 15) is 9.59 Å². The normalized spacial score (nSPS) is 12.9. The van der Waals surface area contributed by atoms with Crippen molar-refractivity contribution in [1.29, 1.82) is 0 Å². The van der Waals surface area contributed by atoms with Gasteiger partial charge in [0.1, 0.15) is 6.61 Å². The summed E-state index contributed by atoms with van der Waals surface area (Å²) >= 11 is 0. The molecule has 426 valence electrons.